The molecule has 1 aromatic carbocycles. The van der Waals surface area contributed by atoms with Crippen molar-refractivity contribution in [1.82, 2.24) is 0 Å². The van der Waals surface area contributed by atoms with Crippen molar-refractivity contribution >= 4 is 5.69 Å². The molecule has 1 atom stereocenters. The van der Waals surface area contributed by atoms with Gasteiger partial charge in [-0.15, -0.1) is 0 Å². The zero-order valence-electron chi connectivity index (χ0n) is 11.8. The lowest BCUT2D eigenvalue weighted by Gasteiger charge is -2.26. The Morgan fingerprint density at radius 2 is 1.79 bits per heavy atom. The molecule has 2 N–H and O–H groups in total. The molecule has 0 radical (unpaired) electrons. The molecule has 1 aliphatic rings. The van der Waals surface area contributed by atoms with Gasteiger partial charge in [0.15, 0.2) is 0 Å². The van der Waals surface area contributed by atoms with E-state index in [0.29, 0.717) is 5.92 Å². The van der Waals surface area contributed by atoms with Gasteiger partial charge in [-0.3, -0.25) is 0 Å². The van der Waals surface area contributed by atoms with Crippen LogP contribution in [0.15, 0.2) is 24.3 Å². The molecule has 0 aliphatic heterocycles. The Balaban J connectivity index is 1.96. The fourth-order valence-corrected chi connectivity index (χ4v) is 2.93. The van der Waals surface area contributed by atoms with Gasteiger partial charge in [0.1, 0.15) is 5.75 Å². The number of hydrogen-bond donors (Lipinski definition) is 2. The third-order valence-electron chi connectivity index (χ3n) is 4.11. The topological polar surface area (TPSA) is 41.5 Å². The van der Waals surface area contributed by atoms with Crippen LogP contribution in [0.1, 0.15) is 38.5 Å². The fraction of sp³-hybridized carbons (Fsp3) is 0.625. The zero-order valence-corrected chi connectivity index (χ0v) is 11.8. The average molecular weight is 263 g/mol. The summed E-state index contributed by atoms with van der Waals surface area (Å²) in [7, 11) is 1.67. The lowest BCUT2D eigenvalue weighted by Crippen LogP contribution is -2.32. The molecule has 0 amide bonds. The van der Waals surface area contributed by atoms with Crippen molar-refractivity contribution in [2.75, 3.05) is 19.0 Å². The molecule has 0 saturated heterocycles. The third-order valence-corrected chi connectivity index (χ3v) is 4.11. The Morgan fingerprint density at radius 3 is 2.32 bits per heavy atom. The lowest BCUT2D eigenvalue weighted by atomic mass is 9.92. The zero-order chi connectivity index (χ0) is 13.5. The quantitative estimate of drug-likeness (QED) is 0.800. The molecular weight excluding hydrogens is 238 g/mol. The maximum Gasteiger partial charge on any atom is 0.119 e. The molecule has 0 spiro atoms. The Kier molecular flexibility index (Phi) is 5.52. The van der Waals surface area contributed by atoms with E-state index in [1.165, 1.54) is 38.5 Å². The van der Waals surface area contributed by atoms with E-state index in [4.69, 9.17) is 4.74 Å². The van der Waals surface area contributed by atoms with E-state index in [0.717, 1.165) is 11.4 Å². The Labute approximate surface area is 116 Å². The van der Waals surface area contributed by atoms with Gasteiger partial charge >= 0.3 is 0 Å². The van der Waals surface area contributed by atoms with Crippen LogP contribution in [0.2, 0.25) is 0 Å². The van der Waals surface area contributed by atoms with Crippen LogP contribution in [-0.2, 0) is 0 Å². The number of ether oxygens (including phenoxy) is 1. The molecule has 1 saturated carbocycles. The number of aliphatic hydroxyl groups excluding tert-OH is 1. The van der Waals surface area contributed by atoms with E-state index in [-0.39, 0.29) is 12.6 Å². The molecule has 0 bridgehead atoms. The van der Waals surface area contributed by atoms with Gasteiger partial charge in [-0.05, 0) is 43.0 Å². The van der Waals surface area contributed by atoms with Crippen molar-refractivity contribution in [3.63, 3.8) is 0 Å². The highest BCUT2D eigenvalue weighted by Gasteiger charge is 2.21. The molecule has 1 aromatic rings. The SMILES string of the molecule is COc1ccc(NC(CO)C2CCCCCC2)cc1. The van der Waals surface area contributed by atoms with Crippen molar-refractivity contribution in [2.24, 2.45) is 5.92 Å². The first kappa shape index (κ1) is 14.2. The molecule has 106 valence electrons. The van der Waals surface area contributed by atoms with Crippen LogP contribution in [0.25, 0.3) is 0 Å². The molecule has 1 fully saturated rings. The normalized spacial score (nSPS) is 18.6. The van der Waals surface area contributed by atoms with Crippen LogP contribution < -0.4 is 10.1 Å². The van der Waals surface area contributed by atoms with Crippen molar-refractivity contribution in [2.45, 2.75) is 44.6 Å². The standard InChI is InChI=1S/C16H25NO2/c1-19-15-10-8-14(9-11-15)17-16(12-18)13-6-4-2-3-5-7-13/h8-11,13,16-18H,2-7,12H2,1H3. The summed E-state index contributed by atoms with van der Waals surface area (Å²) in [5, 5.41) is 13.1. The van der Waals surface area contributed by atoms with E-state index < -0.39 is 0 Å². The van der Waals surface area contributed by atoms with Gasteiger partial charge in [-0.25, -0.2) is 0 Å². The largest absolute Gasteiger partial charge is 0.497 e. The molecule has 19 heavy (non-hydrogen) atoms. The number of hydrogen-bond acceptors (Lipinski definition) is 3. The predicted molar refractivity (Wildman–Crippen MR) is 78.7 cm³/mol. The average Bonchev–Trinajstić information content (AvgIpc) is 2.74. The molecular formula is C16H25NO2. The monoisotopic (exact) mass is 263 g/mol. The summed E-state index contributed by atoms with van der Waals surface area (Å²) in [6, 6.07) is 8.09. The summed E-state index contributed by atoms with van der Waals surface area (Å²) >= 11 is 0. The second-order valence-corrected chi connectivity index (χ2v) is 5.41. The van der Waals surface area contributed by atoms with Crippen molar-refractivity contribution in [3.8, 4) is 5.75 Å². The molecule has 0 heterocycles. The first-order valence-corrected chi connectivity index (χ1v) is 7.35. The number of rotatable bonds is 5. The summed E-state index contributed by atoms with van der Waals surface area (Å²) in [6.07, 6.45) is 7.74. The molecule has 1 aliphatic carbocycles. The summed E-state index contributed by atoms with van der Waals surface area (Å²) in [5.41, 5.74) is 1.06. The van der Waals surface area contributed by atoms with E-state index in [2.05, 4.69) is 5.32 Å². The van der Waals surface area contributed by atoms with Crippen LogP contribution in [0.3, 0.4) is 0 Å². The lowest BCUT2D eigenvalue weighted by molar-refractivity contribution is 0.227. The third kappa shape index (κ3) is 4.13. The van der Waals surface area contributed by atoms with Crippen molar-refractivity contribution < 1.29 is 9.84 Å². The van der Waals surface area contributed by atoms with Crippen LogP contribution >= 0.6 is 0 Å². The predicted octanol–water partition coefficient (Wildman–Crippen LogP) is 3.44. The highest BCUT2D eigenvalue weighted by Crippen LogP contribution is 2.27. The fourth-order valence-electron chi connectivity index (χ4n) is 2.93. The number of aliphatic hydroxyl groups is 1. The maximum atomic E-state index is 9.65. The number of nitrogens with one attached hydrogen (secondary N) is 1. The van der Waals surface area contributed by atoms with Gasteiger partial charge in [0.05, 0.1) is 19.8 Å². The molecule has 2 rings (SSSR count). The second-order valence-electron chi connectivity index (χ2n) is 5.41. The van der Waals surface area contributed by atoms with Gasteiger partial charge in [-0.1, -0.05) is 25.7 Å². The molecule has 0 aromatic heterocycles. The minimum absolute atomic E-state index is 0.173. The van der Waals surface area contributed by atoms with Gasteiger partial charge in [0.25, 0.3) is 0 Å². The van der Waals surface area contributed by atoms with Gasteiger partial charge in [0.2, 0.25) is 0 Å². The smallest absolute Gasteiger partial charge is 0.119 e. The number of methoxy groups -OCH3 is 1. The Hall–Kier alpha value is -1.22. The summed E-state index contributed by atoms with van der Waals surface area (Å²) in [6.45, 7) is 0.205. The summed E-state index contributed by atoms with van der Waals surface area (Å²) in [5.74, 6) is 1.45. The second kappa shape index (κ2) is 7.39. The first-order valence-electron chi connectivity index (χ1n) is 7.35. The van der Waals surface area contributed by atoms with Crippen LogP contribution in [-0.4, -0.2) is 24.9 Å². The minimum Gasteiger partial charge on any atom is -0.497 e. The minimum atomic E-state index is 0.173. The highest BCUT2D eigenvalue weighted by molar-refractivity contribution is 5.47. The van der Waals surface area contributed by atoms with E-state index >= 15 is 0 Å². The van der Waals surface area contributed by atoms with Crippen LogP contribution in [0, 0.1) is 5.92 Å². The number of anilines is 1. The van der Waals surface area contributed by atoms with Gasteiger partial charge in [-0.2, -0.15) is 0 Å². The summed E-state index contributed by atoms with van der Waals surface area (Å²) < 4.78 is 5.16. The van der Waals surface area contributed by atoms with Crippen LogP contribution in [0.4, 0.5) is 5.69 Å². The Bertz CT molecular complexity index is 356. The summed E-state index contributed by atoms with van der Waals surface area (Å²) in [4.78, 5) is 0. The van der Waals surface area contributed by atoms with E-state index in [9.17, 15) is 5.11 Å². The highest BCUT2D eigenvalue weighted by atomic mass is 16.5. The van der Waals surface area contributed by atoms with Gasteiger partial charge in [0, 0.05) is 5.69 Å². The molecule has 3 heteroatoms. The van der Waals surface area contributed by atoms with E-state index in [1.807, 2.05) is 24.3 Å². The molecule has 1 unspecified atom stereocenters. The van der Waals surface area contributed by atoms with Crippen molar-refractivity contribution in [1.29, 1.82) is 0 Å². The molecule has 3 nitrogen and oxygen atoms in total. The maximum absolute atomic E-state index is 9.65. The van der Waals surface area contributed by atoms with Crippen LogP contribution in [0.5, 0.6) is 5.75 Å². The van der Waals surface area contributed by atoms with E-state index in [1.54, 1.807) is 7.11 Å². The van der Waals surface area contributed by atoms with Gasteiger partial charge < -0.3 is 15.2 Å². The number of benzene rings is 1. The van der Waals surface area contributed by atoms with Crippen molar-refractivity contribution in [3.05, 3.63) is 24.3 Å². The first-order chi connectivity index (χ1) is 9.33. The Morgan fingerprint density at radius 1 is 1.16 bits per heavy atom.